The van der Waals surface area contributed by atoms with Gasteiger partial charge in [-0.1, -0.05) is 23.7 Å². The molecule has 0 aliphatic carbocycles. The lowest BCUT2D eigenvalue weighted by Gasteiger charge is -2.27. The topological polar surface area (TPSA) is 67.4 Å². The van der Waals surface area contributed by atoms with Gasteiger partial charge >= 0.3 is 0 Å². The molecule has 2 aromatic heterocycles. The summed E-state index contributed by atoms with van der Waals surface area (Å²) in [6.07, 6.45) is 1.89. The summed E-state index contributed by atoms with van der Waals surface area (Å²) in [5.74, 6) is 0.774. The molecule has 1 fully saturated rings. The van der Waals surface area contributed by atoms with Crippen molar-refractivity contribution in [1.82, 2.24) is 9.97 Å². The molecule has 4 rings (SSSR count). The van der Waals surface area contributed by atoms with E-state index in [-0.39, 0.29) is 12.3 Å². The van der Waals surface area contributed by atoms with Crippen molar-refractivity contribution in [1.29, 1.82) is 0 Å². The van der Waals surface area contributed by atoms with Gasteiger partial charge in [0.05, 0.1) is 37.2 Å². The third-order valence-electron chi connectivity index (χ3n) is 4.33. The number of nitrogens with zero attached hydrogens (tertiary/aromatic N) is 3. The van der Waals surface area contributed by atoms with Crippen LogP contribution in [0.4, 0.5) is 11.5 Å². The van der Waals surface area contributed by atoms with Crippen LogP contribution in [0.3, 0.4) is 0 Å². The van der Waals surface area contributed by atoms with E-state index in [9.17, 15) is 4.79 Å². The second-order valence-corrected chi connectivity index (χ2v) is 7.68. The maximum absolute atomic E-state index is 12.3. The molecule has 0 unspecified atom stereocenters. The number of hydrogen-bond acceptors (Lipinski definition) is 6. The van der Waals surface area contributed by atoms with E-state index in [0.29, 0.717) is 23.9 Å². The Bertz CT molecular complexity index is 955. The van der Waals surface area contributed by atoms with Gasteiger partial charge in [0.1, 0.15) is 10.8 Å². The molecule has 1 aliphatic rings. The maximum Gasteiger partial charge on any atom is 0.230 e. The van der Waals surface area contributed by atoms with Crippen LogP contribution >= 0.6 is 22.9 Å². The molecule has 0 atom stereocenters. The minimum Gasteiger partial charge on any atom is -0.378 e. The van der Waals surface area contributed by atoms with E-state index in [1.165, 1.54) is 11.3 Å². The minimum absolute atomic E-state index is 0.121. The van der Waals surface area contributed by atoms with E-state index < -0.39 is 0 Å². The number of benzene rings is 1. The summed E-state index contributed by atoms with van der Waals surface area (Å²) in [4.78, 5) is 23.5. The van der Waals surface area contributed by atoms with Gasteiger partial charge < -0.3 is 15.0 Å². The van der Waals surface area contributed by atoms with Gasteiger partial charge in [-0.05, 0) is 24.3 Å². The van der Waals surface area contributed by atoms with Crippen LogP contribution in [0.2, 0.25) is 5.02 Å². The number of pyridine rings is 1. The number of carbonyl (C=O) groups is 1. The fourth-order valence-electron chi connectivity index (χ4n) is 2.95. The van der Waals surface area contributed by atoms with Crippen LogP contribution in [-0.4, -0.2) is 42.2 Å². The molecule has 3 heterocycles. The van der Waals surface area contributed by atoms with Gasteiger partial charge in [0.25, 0.3) is 0 Å². The van der Waals surface area contributed by atoms with Gasteiger partial charge in [0.15, 0.2) is 0 Å². The summed E-state index contributed by atoms with van der Waals surface area (Å²) in [5, 5.41) is 6.29. The normalized spacial score (nSPS) is 14.1. The molecule has 28 heavy (non-hydrogen) atoms. The van der Waals surface area contributed by atoms with Gasteiger partial charge in [-0.25, -0.2) is 9.97 Å². The summed E-state index contributed by atoms with van der Waals surface area (Å²) in [6, 6.07) is 11.3. The maximum atomic E-state index is 12.3. The Hall–Kier alpha value is -2.48. The Balaban J connectivity index is 1.35. The average molecular weight is 415 g/mol. The standard InChI is InChI=1S/C20H19ClN4O2S/c21-15-3-1-2-14(10-15)20-24-17(13-28-20)11-19(26)23-16-4-5-18(22-12-16)25-6-8-27-9-7-25/h1-5,10,12-13H,6-9,11H2,(H,23,26). The number of carbonyl (C=O) groups excluding carboxylic acids is 1. The van der Waals surface area contributed by atoms with Gasteiger partial charge in [-0.3, -0.25) is 4.79 Å². The van der Waals surface area contributed by atoms with Crippen molar-refractivity contribution in [3.05, 3.63) is 58.7 Å². The Morgan fingerprint density at radius 3 is 2.86 bits per heavy atom. The Labute approximate surface area is 172 Å². The number of halogens is 1. The molecule has 3 aromatic rings. The molecule has 1 aliphatic heterocycles. The molecule has 0 spiro atoms. The van der Waals surface area contributed by atoms with Crippen LogP contribution < -0.4 is 10.2 Å². The zero-order valence-electron chi connectivity index (χ0n) is 15.1. The quantitative estimate of drug-likeness (QED) is 0.686. The molecule has 1 N–H and O–H groups in total. The van der Waals surface area contributed by atoms with Crippen molar-refractivity contribution in [2.24, 2.45) is 0 Å². The van der Waals surface area contributed by atoms with E-state index in [4.69, 9.17) is 16.3 Å². The van der Waals surface area contributed by atoms with Crippen LogP contribution in [0.5, 0.6) is 0 Å². The molecule has 0 radical (unpaired) electrons. The van der Waals surface area contributed by atoms with Crippen LogP contribution in [0.25, 0.3) is 10.6 Å². The zero-order valence-corrected chi connectivity index (χ0v) is 16.7. The second-order valence-electron chi connectivity index (χ2n) is 6.38. The Morgan fingerprint density at radius 1 is 1.25 bits per heavy atom. The summed E-state index contributed by atoms with van der Waals surface area (Å²) in [6.45, 7) is 3.09. The van der Waals surface area contributed by atoms with Crippen molar-refractivity contribution in [3.8, 4) is 10.6 Å². The van der Waals surface area contributed by atoms with Gasteiger partial charge in [-0.2, -0.15) is 0 Å². The van der Waals surface area contributed by atoms with E-state index in [1.807, 2.05) is 41.8 Å². The molecule has 1 aromatic carbocycles. The molecule has 6 nitrogen and oxygen atoms in total. The van der Waals surface area contributed by atoms with Crippen molar-refractivity contribution in [3.63, 3.8) is 0 Å². The predicted molar refractivity (Wildman–Crippen MR) is 112 cm³/mol. The molecular formula is C20H19ClN4O2S. The highest BCUT2D eigenvalue weighted by atomic mass is 35.5. The van der Waals surface area contributed by atoms with Gasteiger partial charge in [0.2, 0.25) is 5.91 Å². The molecule has 0 bridgehead atoms. The highest BCUT2D eigenvalue weighted by Gasteiger charge is 2.13. The molecular weight excluding hydrogens is 396 g/mol. The first kappa shape index (κ1) is 18.9. The van der Waals surface area contributed by atoms with Crippen LogP contribution in [0, 0.1) is 0 Å². The Kier molecular flexibility index (Phi) is 5.85. The highest BCUT2D eigenvalue weighted by Crippen LogP contribution is 2.26. The number of hydrogen-bond donors (Lipinski definition) is 1. The summed E-state index contributed by atoms with van der Waals surface area (Å²) in [7, 11) is 0. The van der Waals surface area contributed by atoms with Crippen molar-refractivity contribution < 1.29 is 9.53 Å². The number of anilines is 2. The number of amides is 1. The smallest absolute Gasteiger partial charge is 0.230 e. The SMILES string of the molecule is O=C(Cc1csc(-c2cccc(Cl)c2)n1)Nc1ccc(N2CCOCC2)nc1. The number of ether oxygens (including phenoxy) is 1. The largest absolute Gasteiger partial charge is 0.378 e. The van der Waals surface area contributed by atoms with Crippen molar-refractivity contribution >= 4 is 40.4 Å². The summed E-state index contributed by atoms with van der Waals surface area (Å²) < 4.78 is 5.35. The van der Waals surface area contributed by atoms with Crippen LogP contribution in [0.1, 0.15) is 5.69 Å². The van der Waals surface area contributed by atoms with E-state index in [2.05, 4.69) is 20.2 Å². The van der Waals surface area contributed by atoms with Crippen LogP contribution in [0.15, 0.2) is 48.0 Å². The summed E-state index contributed by atoms with van der Waals surface area (Å²) >= 11 is 7.53. The number of rotatable bonds is 5. The number of nitrogens with one attached hydrogen (secondary N) is 1. The average Bonchev–Trinajstić information content (AvgIpc) is 3.17. The first-order chi connectivity index (χ1) is 13.7. The fourth-order valence-corrected chi connectivity index (χ4v) is 3.96. The third kappa shape index (κ3) is 4.67. The lowest BCUT2D eigenvalue weighted by Crippen LogP contribution is -2.36. The third-order valence-corrected chi connectivity index (χ3v) is 5.51. The van der Waals surface area contributed by atoms with Crippen molar-refractivity contribution in [2.45, 2.75) is 6.42 Å². The fraction of sp³-hybridized carbons (Fsp3) is 0.250. The molecule has 8 heteroatoms. The Morgan fingerprint density at radius 2 is 2.11 bits per heavy atom. The molecule has 144 valence electrons. The predicted octanol–water partition coefficient (Wildman–Crippen LogP) is 3.88. The minimum atomic E-state index is -0.121. The monoisotopic (exact) mass is 414 g/mol. The lowest BCUT2D eigenvalue weighted by atomic mass is 10.2. The summed E-state index contributed by atoms with van der Waals surface area (Å²) in [5.41, 5.74) is 2.36. The number of morpholine rings is 1. The molecule has 1 amide bonds. The number of thiazole rings is 1. The van der Waals surface area contributed by atoms with E-state index in [1.54, 1.807) is 6.20 Å². The first-order valence-electron chi connectivity index (χ1n) is 8.96. The first-order valence-corrected chi connectivity index (χ1v) is 10.2. The second kappa shape index (κ2) is 8.68. The van der Waals surface area contributed by atoms with E-state index in [0.717, 1.165) is 35.2 Å². The van der Waals surface area contributed by atoms with Gasteiger partial charge in [0, 0.05) is 29.1 Å². The zero-order chi connectivity index (χ0) is 19.3. The van der Waals surface area contributed by atoms with Crippen molar-refractivity contribution in [2.75, 3.05) is 36.5 Å². The van der Waals surface area contributed by atoms with Gasteiger partial charge in [-0.15, -0.1) is 11.3 Å². The molecule has 1 saturated heterocycles. The van der Waals surface area contributed by atoms with Crippen LogP contribution in [-0.2, 0) is 16.0 Å². The highest BCUT2D eigenvalue weighted by molar-refractivity contribution is 7.13. The number of aromatic nitrogens is 2. The van der Waals surface area contributed by atoms with E-state index >= 15 is 0 Å². The lowest BCUT2D eigenvalue weighted by molar-refractivity contribution is -0.115. The molecule has 0 saturated carbocycles.